The molecule has 2 rings (SSSR count). The van der Waals surface area contributed by atoms with E-state index in [0.717, 1.165) is 5.56 Å². The lowest BCUT2D eigenvalue weighted by atomic mass is 9.98. The third kappa shape index (κ3) is 3.39. The molecule has 0 fully saturated rings. The Morgan fingerprint density at radius 1 is 1.11 bits per heavy atom. The van der Waals surface area contributed by atoms with Crippen LogP contribution in [0.3, 0.4) is 0 Å². The highest BCUT2D eigenvalue weighted by atomic mass is 19.1. The van der Waals surface area contributed by atoms with Gasteiger partial charge < -0.3 is 11.1 Å². The highest BCUT2D eigenvalue weighted by molar-refractivity contribution is 5.96. The van der Waals surface area contributed by atoms with Crippen molar-refractivity contribution in [3.05, 3.63) is 66.0 Å². The SMILES string of the molecule is NCC(C(=O)Nc1ccc(F)cc1)c1ccccc1. The van der Waals surface area contributed by atoms with E-state index in [9.17, 15) is 9.18 Å². The zero-order chi connectivity index (χ0) is 13.7. The number of rotatable bonds is 4. The fourth-order valence-corrected chi connectivity index (χ4v) is 1.84. The number of nitrogens with one attached hydrogen (secondary N) is 1. The molecule has 1 atom stereocenters. The molecule has 0 aliphatic heterocycles. The molecule has 2 aromatic rings. The lowest BCUT2D eigenvalue weighted by molar-refractivity contribution is -0.117. The standard InChI is InChI=1S/C15H15FN2O/c16-12-6-8-13(9-7-12)18-15(19)14(10-17)11-4-2-1-3-5-11/h1-9,14H,10,17H2,(H,18,19). The molecule has 0 bridgehead atoms. The Morgan fingerprint density at radius 3 is 2.32 bits per heavy atom. The molecule has 0 aliphatic carbocycles. The van der Waals surface area contributed by atoms with Crippen molar-refractivity contribution in [2.24, 2.45) is 5.73 Å². The molecule has 0 radical (unpaired) electrons. The second-order valence-corrected chi connectivity index (χ2v) is 4.20. The maximum atomic E-state index is 12.8. The second kappa shape index (κ2) is 6.11. The summed E-state index contributed by atoms with van der Waals surface area (Å²) in [6, 6.07) is 15.0. The van der Waals surface area contributed by atoms with E-state index in [0.29, 0.717) is 5.69 Å². The van der Waals surface area contributed by atoms with Crippen LogP contribution in [0, 0.1) is 5.82 Å². The van der Waals surface area contributed by atoms with E-state index >= 15 is 0 Å². The van der Waals surface area contributed by atoms with Gasteiger partial charge in [-0.15, -0.1) is 0 Å². The number of halogens is 1. The van der Waals surface area contributed by atoms with Crippen molar-refractivity contribution < 1.29 is 9.18 Å². The molecule has 3 nitrogen and oxygen atoms in total. The van der Waals surface area contributed by atoms with Gasteiger partial charge in [0.1, 0.15) is 5.82 Å². The molecule has 0 saturated carbocycles. The number of anilines is 1. The minimum atomic E-state index is -0.411. The Labute approximate surface area is 111 Å². The summed E-state index contributed by atoms with van der Waals surface area (Å²) in [4.78, 5) is 12.1. The molecule has 0 aromatic heterocycles. The smallest absolute Gasteiger partial charge is 0.233 e. The molecule has 4 heteroatoms. The predicted octanol–water partition coefficient (Wildman–Crippen LogP) is 2.51. The summed E-state index contributed by atoms with van der Waals surface area (Å²) in [7, 11) is 0. The zero-order valence-corrected chi connectivity index (χ0v) is 10.3. The van der Waals surface area contributed by atoms with E-state index in [1.807, 2.05) is 30.3 Å². The first kappa shape index (κ1) is 13.2. The molecular weight excluding hydrogens is 243 g/mol. The molecule has 0 spiro atoms. The van der Waals surface area contributed by atoms with Gasteiger partial charge in [-0.1, -0.05) is 30.3 Å². The Bertz CT molecular complexity index is 540. The first-order chi connectivity index (χ1) is 9.20. The largest absolute Gasteiger partial charge is 0.329 e. The third-order valence-corrected chi connectivity index (χ3v) is 2.87. The Kier molecular flexibility index (Phi) is 4.26. The van der Waals surface area contributed by atoms with Crippen molar-refractivity contribution in [1.82, 2.24) is 0 Å². The molecule has 0 aliphatic rings. The molecule has 0 heterocycles. The van der Waals surface area contributed by atoms with Crippen molar-refractivity contribution in [2.75, 3.05) is 11.9 Å². The van der Waals surface area contributed by atoms with Gasteiger partial charge in [-0.2, -0.15) is 0 Å². The van der Waals surface area contributed by atoms with Crippen molar-refractivity contribution in [3.63, 3.8) is 0 Å². The summed E-state index contributed by atoms with van der Waals surface area (Å²) in [5, 5.41) is 2.73. The van der Waals surface area contributed by atoms with Crippen LogP contribution in [0.1, 0.15) is 11.5 Å². The van der Waals surface area contributed by atoms with Gasteiger partial charge in [-0.25, -0.2) is 4.39 Å². The number of hydrogen-bond acceptors (Lipinski definition) is 2. The van der Waals surface area contributed by atoms with Gasteiger partial charge in [0.15, 0.2) is 0 Å². The summed E-state index contributed by atoms with van der Waals surface area (Å²) in [6.45, 7) is 0.219. The second-order valence-electron chi connectivity index (χ2n) is 4.20. The van der Waals surface area contributed by atoms with Crippen LogP contribution in [0.15, 0.2) is 54.6 Å². The zero-order valence-electron chi connectivity index (χ0n) is 10.3. The Morgan fingerprint density at radius 2 is 1.74 bits per heavy atom. The summed E-state index contributed by atoms with van der Waals surface area (Å²) in [6.07, 6.45) is 0. The molecule has 0 saturated heterocycles. The average Bonchev–Trinajstić information content (AvgIpc) is 2.43. The highest BCUT2D eigenvalue weighted by Gasteiger charge is 2.18. The number of carbonyl (C=O) groups is 1. The summed E-state index contributed by atoms with van der Waals surface area (Å²) < 4.78 is 12.8. The first-order valence-electron chi connectivity index (χ1n) is 6.02. The lowest BCUT2D eigenvalue weighted by Crippen LogP contribution is -2.27. The normalized spacial score (nSPS) is 11.9. The van der Waals surface area contributed by atoms with E-state index in [4.69, 9.17) is 5.73 Å². The fourth-order valence-electron chi connectivity index (χ4n) is 1.84. The van der Waals surface area contributed by atoms with Crippen LogP contribution in [-0.4, -0.2) is 12.5 Å². The highest BCUT2D eigenvalue weighted by Crippen LogP contribution is 2.17. The monoisotopic (exact) mass is 258 g/mol. The molecule has 19 heavy (non-hydrogen) atoms. The van der Waals surface area contributed by atoms with Gasteiger partial charge in [0, 0.05) is 12.2 Å². The molecule has 1 unspecified atom stereocenters. The Balaban J connectivity index is 2.11. The van der Waals surface area contributed by atoms with Crippen LogP contribution in [0.25, 0.3) is 0 Å². The number of benzene rings is 2. The minimum Gasteiger partial charge on any atom is -0.329 e. The van der Waals surface area contributed by atoms with Gasteiger partial charge in [0.25, 0.3) is 0 Å². The van der Waals surface area contributed by atoms with Crippen LogP contribution in [0.5, 0.6) is 0 Å². The van der Waals surface area contributed by atoms with Gasteiger partial charge in [-0.05, 0) is 29.8 Å². The van der Waals surface area contributed by atoms with E-state index in [-0.39, 0.29) is 18.3 Å². The van der Waals surface area contributed by atoms with Crippen LogP contribution in [0.2, 0.25) is 0 Å². The van der Waals surface area contributed by atoms with Gasteiger partial charge in [0.2, 0.25) is 5.91 Å². The van der Waals surface area contributed by atoms with Crippen LogP contribution < -0.4 is 11.1 Å². The van der Waals surface area contributed by atoms with Crippen LogP contribution >= 0.6 is 0 Å². The number of carbonyl (C=O) groups excluding carboxylic acids is 1. The summed E-state index contributed by atoms with van der Waals surface area (Å²) >= 11 is 0. The topological polar surface area (TPSA) is 55.1 Å². The van der Waals surface area contributed by atoms with Crippen LogP contribution in [-0.2, 0) is 4.79 Å². The molecular formula is C15H15FN2O. The minimum absolute atomic E-state index is 0.194. The van der Waals surface area contributed by atoms with Crippen LogP contribution in [0.4, 0.5) is 10.1 Å². The maximum absolute atomic E-state index is 12.8. The summed E-state index contributed by atoms with van der Waals surface area (Å²) in [5.74, 6) is -0.942. The van der Waals surface area contributed by atoms with Gasteiger partial charge >= 0.3 is 0 Å². The predicted molar refractivity (Wildman–Crippen MR) is 73.3 cm³/mol. The van der Waals surface area contributed by atoms with Gasteiger partial charge in [-0.3, -0.25) is 4.79 Å². The van der Waals surface area contributed by atoms with E-state index in [1.54, 1.807) is 0 Å². The molecule has 1 amide bonds. The van der Waals surface area contributed by atoms with Gasteiger partial charge in [0.05, 0.1) is 5.92 Å². The fraction of sp³-hybridized carbons (Fsp3) is 0.133. The number of nitrogens with two attached hydrogens (primary N) is 1. The maximum Gasteiger partial charge on any atom is 0.233 e. The number of amides is 1. The Hall–Kier alpha value is -2.20. The molecule has 2 aromatic carbocycles. The average molecular weight is 258 g/mol. The van der Waals surface area contributed by atoms with Crippen molar-refractivity contribution in [1.29, 1.82) is 0 Å². The quantitative estimate of drug-likeness (QED) is 0.885. The number of hydrogen-bond donors (Lipinski definition) is 2. The van der Waals surface area contributed by atoms with Crippen molar-refractivity contribution in [2.45, 2.75) is 5.92 Å². The lowest BCUT2D eigenvalue weighted by Gasteiger charge is -2.15. The third-order valence-electron chi connectivity index (χ3n) is 2.87. The van der Waals surface area contributed by atoms with E-state index in [1.165, 1.54) is 24.3 Å². The van der Waals surface area contributed by atoms with E-state index in [2.05, 4.69) is 5.32 Å². The van der Waals surface area contributed by atoms with Crippen molar-refractivity contribution in [3.8, 4) is 0 Å². The summed E-state index contributed by atoms with van der Waals surface area (Å²) in [5.41, 5.74) is 7.08. The first-order valence-corrected chi connectivity index (χ1v) is 6.02. The van der Waals surface area contributed by atoms with Crippen molar-refractivity contribution >= 4 is 11.6 Å². The molecule has 3 N–H and O–H groups in total. The molecule has 98 valence electrons. The van der Waals surface area contributed by atoms with E-state index < -0.39 is 5.92 Å².